The topological polar surface area (TPSA) is 138 Å². The Balaban J connectivity index is 3.23. The minimum Gasteiger partial charge on any atom is -0.464 e. The SMILES string of the molecule is COCC(C)(CO)C(=O)OCC(C)(COC(=O)C(C)(CO)COC)C(=O)Oc1c(C)cc(C)cc1C. The first-order chi connectivity index (χ1) is 16.7. The van der Waals surface area contributed by atoms with Gasteiger partial charge in [-0.25, -0.2) is 0 Å². The van der Waals surface area contributed by atoms with Crippen molar-refractivity contribution in [1.82, 2.24) is 0 Å². The van der Waals surface area contributed by atoms with E-state index in [1.165, 1.54) is 35.0 Å². The van der Waals surface area contributed by atoms with E-state index in [-0.39, 0.29) is 13.2 Å². The van der Waals surface area contributed by atoms with Crippen LogP contribution in [0.25, 0.3) is 0 Å². The van der Waals surface area contributed by atoms with Crippen LogP contribution < -0.4 is 4.74 Å². The Morgan fingerprint density at radius 1 is 0.694 bits per heavy atom. The van der Waals surface area contributed by atoms with E-state index in [1.807, 2.05) is 19.1 Å². The molecule has 1 aromatic rings. The Bertz CT molecular complexity index is 868. The number of benzene rings is 1. The summed E-state index contributed by atoms with van der Waals surface area (Å²) in [5.41, 5.74) is -1.85. The summed E-state index contributed by atoms with van der Waals surface area (Å²) in [5, 5.41) is 19.3. The van der Waals surface area contributed by atoms with Crippen molar-refractivity contribution in [2.45, 2.75) is 41.5 Å². The second-order valence-electron chi connectivity index (χ2n) is 10.1. The van der Waals surface area contributed by atoms with E-state index >= 15 is 0 Å². The fourth-order valence-corrected chi connectivity index (χ4v) is 3.48. The normalized spacial score (nSPS) is 16.3. The van der Waals surface area contributed by atoms with Crippen molar-refractivity contribution in [1.29, 1.82) is 0 Å². The lowest BCUT2D eigenvalue weighted by Crippen LogP contribution is -2.46. The van der Waals surface area contributed by atoms with Gasteiger partial charge in [-0.3, -0.25) is 14.4 Å². The molecule has 0 aliphatic heterocycles. The van der Waals surface area contributed by atoms with Crippen molar-refractivity contribution < 1.29 is 48.3 Å². The average Bonchev–Trinajstić information content (AvgIpc) is 2.82. The van der Waals surface area contributed by atoms with Crippen molar-refractivity contribution in [2.75, 3.05) is 53.9 Å². The molecular formula is C26H40O10. The molecule has 10 heteroatoms. The van der Waals surface area contributed by atoms with Gasteiger partial charge in [0.2, 0.25) is 0 Å². The highest BCUT2D eigenvalue weighted by atomic mass is 16.6. The summed E-state index contributed by atoms with van der Waals surface area (Å²) >= 11 is 0. The van der Waals surface area contributed by atoms with Gasteiger partial charge in [-0.05, 0) is 52.7 Å². The molecule has 0 heterocycles. The molecule has 0 saturated carbocycles. The maximum atomic E-state index is 13.4. The standard InChI is InChI=1S/C26H40O10/c1-17-9-18(2)20(19(3)10-17)36-23(31)26(6,15-34-21(29)24(4,11-27)13-32-7)16-35-22(30)25(5,12-28)14-33-8/h9-10,27-28H,11-16H2,1-8H3. The molecule has 0 radical (unpaired) electrons. The van der Waals surface area contributed by atoms with E-state index < -0.39 is 60.6 Å². The van der Waals surface area contributed by atoms with Crippen molar-refractivity contribution in [3.05, 3.63) is 28.8 Å². The average molecular weight is 513 g/mol. The van der Waals surface area contributed by atoms with Crippen LogP contribution in [0.1, 0.15) is 37.5 Å². The summed E-state index contributed by atoms with van der Waals surface area (Å²) in [6.45, 7) is 7.60. The van der Waals surface area contributed by atoms with Gasteiger partial charge >= 0.3 is 17.9 Å². The Morgan fingerprint density at radius 3 is 1.42 bits per heavy atom. The van der Waals surface area contributed by atoms with E-state index in [0.717, 1.165) is 16.7 Å². The molecule has 2 unspecified atom stereocenters. The fourth-order valence-electron chi connectivity index (χ4n) is 3.48. The number of esters is 3. The Morgan fingerprint density at radius 2 is 1.08 bits per heavy atom. The van der Waals surface area contributed by atoms with Crippen molar-refractivity contribution >= 4 is 17.9 Å². The summed E-state index contributed by atoms with van der Waals surface area (Å²) < 4.78 is 26.5. The van der Waals surface area contributed by atoms with Gasteiger partial charge in [0.1, 0.15) is 35.2 Å². The lowest BCUT2D eigenvalue weighted by atomic mass is 9.90. The summed E-state index contributed by atoms with van der Waals surface area (Å²) in [6, 6.07) is 3.73. The zero-order valence-electron chi connectivity index (χ0n) is 22.6. The molecule has 0 aromatic heterocycles. The van der Waals surface area contributed by atoms with Gasteiger partial charge < -0.3 is 33.9 Å². The Labute approximate surface area is 212 Å². The second-order valence-corrected chi connectivity index (χ2v) is 10.1. The third kappa shape index (κ3) is 7.73. The number of methoxy groups -OCH3 is 2. The molecule has 0 saturated heterocycles. The van der Waals surface area contributed by atoms with Crippen LogP contribution in [0.4, 0.5) is 0 Å². The van der Waals surface area contributed by atoms with Crippen LogP contribution in [0.2, 0.25) is 0 Å². The molecule has 0 bridgehead atoms. The quantitative estimate of drug-likeness (QED) is 0.281. The van der Waals surface area contributed by atoms with Crippen molar-refractivity contribution in [2.24, 2.45) is 16.2 Å². The van der Waals surface area contributed by atoms with E-state index in [1.54, 1.807) is 13.8 Å². The maximum Gasteiger partial charge on any atom is 0.324 e. The first-order valence-electron chi connectivity index (χ1n) is 11.6. The molecular weight excluding hydrogens is 472 g/mol. The van der Waals surface area contributed by atoms with E-state index in [2.05, 4.69) is 0 Å². The van der Waals surface area contributed by atoms with Crippen LogP contribution in [0.5, 0.6) is 5.75 Å². The molecule has 1 rings (SSSR count). The zero-order chi connectivity index (χ0) is 27.7. The van der Waals surface area contributed by atoms with Gasteiger partial charge in [0.15, 0.2) is 0 Å². The minimum atomic E-state index is -1.61. The van der Waals surface area contributed by atoms with Crippen LogP contribution in [0.15, 0.2) is 12.1 Å². The molecule has 0 aliphatic carbocycles. The van der Waals surface area contributed by atoms with Gasteiger partial charge in [0, 0.05) is 14.2 Å². The number of aryl methyl sites for hydroxylation is 3. The molecule has 0 spiro atoms. The molecule has 0 amide bonds. The molecule has 204 valence electrons. The van der Waals surface area contributed by atoms with E-state index in [9.17, 15) is 24.6 Å². The van der Waals surface area contributed by atoms with Gasteiger partial charge in [0.25, 0.3) is 0 Å². The Kier molecular flexibility index (Phi) is 11.5. The number of hydrogen-bond donors (Lipinski definition) is 2. The highest BCUT2D eigenvalue weighted by Crippen LogP contribution is 2.30. The number of ether oxygens (including phenoxy) is 5. The number of carbonyl (C=O) groups excluding carboxylic acids is 3. The van der Waals surface area contributed by atoms with Gasteiger partial charge in [0.05, 0.1) is 26.4 Å². The fraction of sp³-hybridized carbons (Fsp3) is 0.654. The molecule has 1 aromatic carbocycles. The van der Waals surface area contributed by atoms with Crippen LogP contribution >= 0.6 is 0 Å². The smallest absolute Gasteiger partial charge is 0.324 e. The number of aliphatic hydroxyl groups is 2. The highest BCUT2D eigenvalue weighted by Gasteiger charge is 2.44. The third-order valence-corrected chi connectivity index (χ3v) is 5.95. The number of carbonyl (C=O) groups is 3. The molecule has 0 fully saturated rings. The van der Waals surface area contributed by atoms with Gasteiger partial charge in [-0.1, -0.05) is 17.7 Å². The van der Waals surface area contributed by atoms with Crippen LogP contribution in [0, 0.1) is 37.0 Å². The second kappa shape index (κ2) is 13.1. The molecule has 2 atom stereocenters. The summed E-state index contributed by atoms with van der Waals surface area (Å²) in [5.74, 6) is -2.01. The van der Waals surface area contributed by atoms with Gasteiger partial charge in [-0.15, -0.1) is 0 Å². The van der Waals surface area contributed by atoms with Crippen molar-refractivity contribution in [3.63, 3.8) is 0 Å². The van der Waals surface area contributed by atoms with Crippen LogP contribution in [0.3, 0.4) is 0 Å². The zero-order valence-corrected chi connectivity index (χ0v) is 22.6. The molecule has 2 N–H and O–H groups in total. The monoisotopic (exact) mass is 512 g/mol. The molecule has 36 heavy (non-hydrogen) atoms. The van der Waals surface area contributed by atoms with Crippen molar-refractivity contribution in [3.8, 4) is 5.75 Å². The lowest BCUT2D eigenvalue weighted by molar-refractivity contribution is -0.176. The van der Waals surface area contributed by atoms with Crippen LogP contribution in [-0.2, 0) is 33.3 Å². The minimum absolute atomic E-state index is 0.105. The maximum absolute atomic E-state index is 13.4. The first-order valence-corrected chi connectivity index (χ1v) is 11.6. The van der Waals surface area contributed by atoms with Crippen LogP contribution in [-0.4, -0.2) is 82.0 Å². The third-order valence-electron chi connectivity index (χ3n) is 5.95. The number of rotatable bonds is 14. The number of aliphatic hydroxyl groups excluding tert-OH is 2. The van der Waals surface area contributed by atoms with E-state index in [4.69, 9.17) is 23.7 Å². The first kappa shape index (κ1) is 31.5. The largest absolute Gasteiger partial charge is 0.464 e. The predicted molar refractivity (Wildman–Crippen MR) is 130 cm³/mol. The lowest BCUT2D eigenvalue weighted by Gasteiger charge is -2.31. The number of hydrogen-bond acceptors (Lipinski definition) is 10. The predicted octanol–water partition coefficient (Wildman–Crippen LogP) is 1.90. The van der Waals surface area contributed by atoms with Gasteiger partial charge in [-0.2, -0.15) is 0 Å². The summed E-state index contributed by atoms with van der Waals surface area (Å²) in [4.78, 5) is 38.8. The Hall–Kier alpha value is -2.53. The van der Waals surface area contributed by atoms with E-state index in [0.29, 0.717) is 5.75 Å². The summed E-state index contributed by atoms with van der Waals surface area (Å²) in [6.07, 6.45) is 0. The molecule has 0 aliphatic rings. The summed E-state index contributed by atoms with van der Waals surface area (Å²) in [7, 11) is 2.76. The highest BCUT2D eigenvalue weighted by molar-refractivity contribution is 5.82. The molecule has 10 nitrogen and oxygen atoms in total.